The van der Waals surface area contributed by atoms with Gasteiger partial charge in [-0.1, -0.05) is 13.8 Å². The maximum absolute atomic E-state index is 11.0. The first kappa shape index (κ1) is 16.7. The van der Waals surface area contributed by atoms with Gasteiger partial charge in [0.25, 0.3) is 0 Å². The van der Waals surface area contributed by atoms with Gasteiger partial charge < -0.3 is 14.2 Å². The molecule has 7 nitrogen and oxygen atoms in total. The molecule has 0 aliphatic carbocycles. The van der Waals surface area contributed by atoms with Crippen molar-refractivity contribution in [2.24, 2.45) is 0 Å². The van der Waals surface area contributed by atoms with Crippen LogP contribution in [0.3, 0.4) is 0 Å². The predicted molar refractivity (Wildman–Crippen MR) is 69.5 cm³/mol. The number of nitro groups is 1. The average Bonchev–Trinajstić information content (AvgIpc) is 2.46. The first-order valence-corrected chi connectivity index (χ1v) is 5.53. The van der Waals surface area contributed by atoms with E-state index >= 15 is 0 Å². The standard InChI is InChI=1S/C10H11NO6.C2H6/c1-15-8-4-7(11(13)14)9(16-2)6(5-12)10(8)17-3;1-2/h4-5H,1-3H3;1-2H3. The Morgan fingerprint density at radius 2 is 1.63 bits per heavy atom. The second kappa shape index (κ2) is 7.91. The molecule has 7 heteroatoms. The van der Waals surface area contributed by atoms with E-state index in [1.165, 1.54) is 21.3 Å². The third-order valence-electron chi connectivity index (χ3n) is 2.16. The second-order valence-corrected chi connectivity index (χ2v) is 2.95. The fourth-order valence-corrected chi connectivity index (χ4v) is 1.45. The van der Waals surface area contributed by atoms with Gasteiger partial charge in [-0.3, -0.25) is 14.9 Å². The SMILES string of the molecule is CC.COc1cc([N+](=O)[O-])c(OC)c(C=O)c1OC. The van der Waals surface area contributed by atoms with Crippen LogP contribution in [-0.4, -0.2) is 32.5 Å². The van der Waals surface area contributed by atoms with Crippen LogP contribution >= 0.6 is 0 Å². The summed E-state index contributed by atoms with van der Waals surface area (Å²) in [6.07, 6.45) is 0.424. The number of rotatable bonds is 5. The van der Waals surface area contributed by atoms with E-state index in [-0.39, 0.29) is 28.5 Å². The van der Waals surface area contributed by atoms with Crippen LogP contribution < -0.4 is 14.2 Å². The van der Waals surface area contributed by atoms with Crippen LogP contribution in [0.5, 0.6) is 17.2 Å². The lowest BCUT2D eigenvalue weighted by molar-refractivity contribution is -0.385. The van der Waals surface area contributed by atoms with Crippen LogP contribution in [0.25, 0.3) is 0 Å². The lowest BCUT2D eigenvalue weighted by Crippen LogP contribution is -2.02. The van der Waals surface area contributed by atoms with E-state index < -0.39 is 4.92 Å². The van der Waals surface area contributed by atoms with Crippen molar-refractivity contribution in [3.05, 3.63) is 21.7 Å². The molecule has 0 spiro atoms. The van der Waals surface area contributed by atoms with Gasteiger partial charge in [-0.2, -0.15) is 0 Å². The number of nitrogens with zero attached hydrogens (tertiary/aromatic N) is 1. The molecule has 0 fully saturated rings. The topological polar surface area (TPSA) is 87.9 Å². The van der Waals surface area contributed by atoms with Gasteiger partial charge in [-0.15, -0.1) is 0 Å². The van der Waals surface area contributed by atoms with E-state index in [1.54, 1.807) is 0 Å². The van der Waals surface area contributed by atoms with Crippen molar-refractivity contribution >= 4 is 12.0 Å². The zero-order valence-electron chi connectivity index (χ0n) is 11.6. The van der Waals surface area contributed by atoms with Gasteiger partial charge in [0.1, 0.15) is 5.56 Å². The summed E-state index contributed by atoms with van der Waals surface area (Å²) in [6, 6.07) is 1.14. The van der Waals surface area contributed by atoms with Crippen LogP contribution in [0.4, 0.5) is 5.69 Å². The Bertz CT molecular complexity index is 458. The number of carbonyl (C=O) groups excluding carboxylic acids is 1. The monoisotopic (exact) mass is 271 g/mol. The first-order valence-electron chi connectivity index (χ1n) is 5.53. The molecule has 1 aromatic carbocycles. The van der Waals surface area contributed by atoms with Gasteiger partial charge in [0.15, 0.2) is 17.8 Å². The van der Waals surface area contributed by atoms with Crippen molar-refractivity contribution in [3.8, 4) is 17.2 Å². The van der Waals surface area contributed by atoms with E-state index in [4.69, 9.17) is 14.2 Å². The van der Waals surface area contributed by atoms with Gasteiger partial charge in [0, 0.05) is 0 Å². The van der Waals surface area contributed by atoms with Crippen LogP contribution in [0.15, 0.2) is 6.07 Å². The third kappa shape index (κ3) is 3.34. The Morgan fingerprint density at radius 1 is 1.11 bits per heavy atom. The lowest BCUT2D eigenvalue weighted by Gasteiger charge is -2.12. The normalized spacial score (nSPS) is 8.89. The van der Waals surface area contributed by atoms with Gasteiger partial charge in [-0.05, 0) is 0 Å². The number of hydrogen-bond acceptors (Lipinski definition) is 6. The van der Waals surface area contributed by atoms with E-state index in [2.05, 4.69) is 0 Å². The molecule has 1 rings (SSSR count). The maximum atomic E-state index is 11.0. The van der Waals surface area contributed by atoms with Gasteiger partial charge in [0.2, 0.25) is 5.75 Å². The quantitative estimate of drug-likeness (QED) is 0.464. The number of benzene rings is 1. The zero-order valence-corrected chi connectivity index (χ0v) is 11.6. The molecule has 19 heavy (non-hydrogen) atoms. The smallest absolute Gasteiger partial charge is 0.315 e. The fourth-order valence-electron chi connectivity index (χ4n) is 1.45. The molecule has 0 saturated heterocycles. The van der Waals surface area contributed by atoms with Gasteiger partial charge >= 0.3 is 5.69 Å². The lowest BCUT2D eigenvalue weighted by atomic mass is 10.1. The number of ether oxygens (including phenoxy) is 3. The number of aldehydes is 1. The average molecular weight is 271 g/mol. The highest BCUT2D eigenvalue weighted by atomic mass is 16.6. The number of nitro benzene ring substituents is 1. The second-order valence-electron chi connectivity index (χ2n) is 2.95. The predicted octanol–water partition coefficient (Wildman–Crippen LogP) is 2.46. The summed E-state index contributed by atoms with van der Waals surface area (Å²) in [4.78, 5) is 21.1. The molecule has 0 heterocycles. The van der Waals surface area contributed by atoms with Gasteiger partial charge in [-0.25, -0.2) is 0 Å². The Labute approximate surface area is 111 Å². The molecule has 0 bridgehead atoms. The summed E-state index contributed by atoms with van der Waals surface area (Å²) in [6.45, 7) is 4.00. The summed E-state index contributed by atoms with van der Waals surface area (Å²) < 4.78 is 14.8. The van der Waals surface area contributed by atoms with Crippen LogP contribution in [0, 0.1) is 10.1 Å². The van der Waals surface area contributed by atoms with E-state index in [1.807, 2.05) is 13.8 Å². The minimum absolute atomic E-state index is 0.0546. The molecule has 0 aliphatic heterocycles. The minimum Gasteiger partial charge on any atom is -0.493 e. The fraction of sp³-hybridized carbons (Fsp3) is 0.417. The van der Waals surface area contributed by atoms with E-state index in [0.717, 1.165) is 6.07 Å². The highest BCUT2D eigenvalue weighted by molar-refractivity contribution is 5.88. The van der Waals surface area contributed by atoms with Crippen molar-refractivity contribution in [1.29, 1.82) is 0 Å². The molecule has 0 unspecified atom stereocenters. The van der Waals surface area contributed by atoms with Crippen molar-refractivity contribution < 1.29 is 23.9 Å². The van der Waals surface area contributed by atoms with Crippen molar-refractivity contribution in [3.63, 3.8) is 0 Å². The third-order valence-corrected chi connectivity index (χ3v) is 2.16. The van der Waals surface area contributed by atoms with Crippen molar-refractivity contribution in [2.75, 3.05) is 21.3 Å². The summed E-state index contributed by atoms with van der Waals surface area (Å²) in [5.41, 5.74) is -0.409. The largest absolute Gasteiger partial charge is 0.493 e. The molecule has 0 aliphatic rings. The molecule has 1 aromatic rings. The summed E-state index contributed by atoms with van der Waals surface area (Å²) in [5, 5.41) is 10.8. The molecule has 106 valence electrons. The summed E-state index contributed by atoms with van der Waals surface area (Å²) in [7, 11) is 3.89. The van der Waals surface area contributed by atoms with Gasteiger partial charge in [0.05, 0.1) is 32.3 Å². The molecule has 0 atom stereocenters. The van der Waals surface area contributed by atoms with Crippen molar-refractivity contribution in [2.45, 2.75) is 13.8 Å². The summed E-state index contributed by atoms with van der Waals surface area (Å²) in [5.74, 6) is 0.0506. The Kier molecular flexibility index (Phi) is 6.95. The molecule has 0 radical (unpaired) electrons. The minimum atomic E-state index is -0.659. The molecule has 0 amide bonds. The Balaban J connectivity index is 0.00000154. The number of hydrogen-bond donors (Lipinski definition) is 0. The van der Waals surface area contributed by atoms with E-state index in [0.29, 0.717) is 6.29 Å². The van der Waals surface area contributed by atoms with E-state index in [9.17, 15) is 14.9 Å². The molecular weight excluding hydrogens is 254 g/mol. The van der Waals surface area contributed by atoms with Crippen LogP contribution in [-0.2, 0) is 0 Å². The highest BCUT2D eigenvalue weighted by Gasteiger charge is 2.26. The van der Waals surface area contributed by atoms with Crippen molar-refractivity contribution in [1.82, 2.24) is 0 Å². The molecule has 0 aromatic heterocycles. The maximum Gasteiger partial charge on any atom is 0.315 e. The number of carbonyl (C=O) groups is 1. The highest BCUT2D eigenvalue weighted by Crippen LogP contribution is 2.42. The zero-order chi connectivity index (χ0) is 15.0. The summed E-state index contributed by atoms with van der Waals surface area (Å²) >= 11 is 0. The molecule has 0 N–H and O–H groups in total. The number of methoxy groups -OCH3 is 3. The Morgan fingerprint density at radius 3 is 1.95 bits per heavy atom. The molecular formula is C12H17NO6. The molecule has 0 saturated carbocycles. The van der Waals surface area contributed by atoms with Crippen LogP contribution in [0.2, 0.25) is 0 Å². The first-order chi connectivity index (χ1) is 9.10. The Hall–Kier alpha value is -2.31. The van der Waals surface area contributed by atoms with Crippen LogP contribution in [0.1, 0.15) is 24.2 Å².